The summed E-state index contributed by atoms with van der Waals surface area (Å²) in [4.78, 5) is 26.5. The normalized spacial score (nSPS) is 13.6. The maximum absolute atomic E-state index is 12.7. The van der Waals surface area contributed by atoms with Gasteiger partial charge in [-0.2, -0.15) is 15.0 Å². The van der Waals surface area contributed by atoms with E-state index in [0.29, 0.717) is 75.5 Å². The summed E-state index contributed by atoms with van der Waals surface area (Å²) < 4.78 is 16.8. The van der Waals surface area contributed by atoms with E-state index in [9.17, 15) is 4.79 Å². The van der Waals surface area contributed by atoms with Crippen molar-refractivity contribution in [1.82, 2.24) is 25.6 Å². The van der Waals surface area contributed by atoms with Crippen molar-refractivity contribution in [2.45, 2.75) is 46.0 Å². The van der Waals surface area contributed by atoms with E-state index in [1.807, 2.05) is 30.3 Å². The molecule has 12 heteroatoms. The molecule has 1 aromatic heterocycles. The quantitative estimate of drug-likeness (QED) is 0.0422. The molecule has 1 heterocycles. The van der Waals surface area contributed by atoms with Crippen molar-refractivity contribution in [3.05, 3.63) is 108 Å². The number of hydrogen-bond acceptors (Lipinski definition) is 11. The van der Waals surface area contributed by atoms with Gasteiger partial charge < -0.3 is 40.8 Å². The van der Waals surface area contributed by atoms with Crippen LogP contribution in [0.15, 0.2) is 103 Å². The number of aromatic nitrogens is 3. The van der Waals surface area contributed by atoms with Crippen molar-refractivity contribution in [2.24, 2.45) is 5.92 Å². The molecule has 1 aliphatic carbocycles. The van der Waals surface area contributed by atoms with E-state index in [4.69, 9.17) is 14.2 Å². The second-order valence-electron chi connectivity index (χ2n) is 13.4. The fourth-order valence-electron chi connectivity index (χ4n) is 5.74. The standard InChI is InChI=1S/C43H56N8O4/c1-4-25-53-29-30-55-27-23-45-40(52)36-17-19-38(20-18-36)47-42-49-41(50-43(51-42)48-39-21-16-35-10-6-7-11-37(35)31-39)46-24-28-54-26-9-5-8-22-44-33(3)34-14-12-32(2)13-15-34/h6-7,10-12,14-21,31-32,44H,3-5,8-9,13,22-30H2,1-2H3,(H,45,52)(H3,46,47,48,49,50,51). The lowest BCUT2D eigenvalue weighted by molar-refractivity contribution is 0.0485. The summed E-state index contributed by atoms with van der Waals surface area (Å²) in [5.41, 5.74) is 4.31. The molecule has 292 valence electrons. The molecule has 4 aromatic rings. The van der Waals surface area contributed by atoms with Crippen LogP contribution < -0.4 is 26.6 Å². The SMILES string of the molecule is C=C(NCCCCCOCCNc1nc(Nc2ccc(C(=O)NCCOCCOCCC)cc2)nc(Nc2ccc3ccccc3c2)n1)C1=CCC(C)C=C1. The van der Waals surface area contributed by atoms with E-state index in [0.717, 1.165) is 73.1 Å². The van der Waals surface area contributed by atoms with E-state index in [-0.39, 0.29) is 5.91 Å². The Bertz CT molecular complexity index is 1860. The average Bonchev–Trinajstić information content (AvgIpc) is 3.20. The number of allylic oxidation sites excluding steroid dienone is 3. The first-order valence-electron chi connectivity index (χ1n) is 19.4. The van der Waals surface area contributed by atoms with Gasteiger partial charge in [-0.05, 0) is 90.8 Å². The van der Waals surface area contributed by atoms with Gasteiger partial charge in [-0.3, -0.25) is 4.79 Å². The van der Waals surface area contributed by atoms with Crippen LogP contribution in [0.25, 0.3) is 10.8 Å². The van der Waals surface area contributed by atoms with Gasteiger partial charge in [0.2, 0.25) is 17.8 Å². The number of fused-ring (bicyclic) bond motifs is 1. The number of ether oxygens (including phenoxy) is 3. The fourth-order valence-corrected chi connectivity index (χ4v) is 5.74. The Morgan fingerprint density at radius 1 is 0.727 bits per heavy atom. The van der Waals surface area contributed by atoms with Gasteiger partial charge in [-0.1, -0.05) is 69.0 Å². The highest BCUT2D eigenvalue weighted by atomic mass is 16.5. The van der Waals surface area contributed by atoms with Crippen LogP contribution in [0.4, 0.5) is 29.2 Å². The van der Waals surface area contributed by atoms with Gasteiger partial charge >= 0.3 is 0 Å². The number of nitrogens with zero attached hydrogens (tertiary/aromatic N) is 3. The van der Waals surface area contributed by atoms with Gasteiger partial charge in [0.05, 0.1) is 26.4 Å². The number of hydrogen-bond donors (Lipinski definition) is 5. The summed E-state index contributed by atoms with van der Waals surface area (Å²) in [5.74, 6) is 1.56. The minimum Gasteiger partial charge on any atom is -0.385 e. The van der Waals surface area contributed by atoms with Crippen molar-refractivity contribution < 1.29 is 19.0 Å². The Balaban J connectivity index is 1.08. The van der Waals surface area contributed by atoms with Crippen LogP contribution in [0.3, 0.4) is 0 Å². The van der Waals surface area contributed by atoms with E-state index in [2.05, 4.69) is 104 Å². The van der Waals surface area contributed by atoms with Gasteiger partial charge in [-0.25, -0.2) is 0 Å². The summed E-state index contributed by atoms with van der Waals surface area (Å²) in [5, 5.41) is 18.5. The third-order valence-electron chi connectivity index (χ3n) is 8.79. The predicted octanol–water partition coefficient (Wildman–Crippen LogP) is 7.91. The van der Waals surface area contributed by atoms with Crippen molar-refractivity contribution >= 4 is 45.9 Å². The molecule has 0 saturated heterocycles. The molecule has 1 amide bonds. The topological polar surface area (TPSA) is 144 Å². The molecule has 3 aromatic carbocycles. The first-order valence-corrected chi connectivity index (χ1v) is 19.4. The zero-order valence-corrected chi connectivity index (χ0v) is 32.2. The highest BCUT2D eigenvalue weighted by molar-refractivity contribution is 5.94. The number of anilines is 5. The summed E-state index contributed by atoms with van der Waals surface area (Å²) in [6, 6.07) is 21.4. The first-order chi connectivity index (χ1) is 27.0. The lowest BCUT2D eigenvalue weighted by Crippen LogP contribution is -2.27. The van der Waals surface area contributed by atoms with Crippen LogP contribution in [-0.4, -0.2) is 80.1 Å². The van der Waals surface area contributed by atoms with Gasteiger partial charge in [0.1, 0.15) is 0 Å². The van der Waals surface area contributed by atoms with Gasteiger partial charge in [0, 0.05) is 55.5 Å². The van der Waals surface area contributed by atoms with E-state index in [1.165, 1.54) is 5.57 Å². The third-order valence-corrected chi connectivity index (χ3v) is 8.79. The number of unbranched alkanes of at least 4 members (excludes halogenated alkanes) is 2. The number of rotatable bonds is 25. The molecule has 5 N–H and O–H groups in total. The van der Waals surface area contributed by atoms with Gasteiger partial charge in [0.25, 0.3) is 5.91 Å². The van der Waals surface area contributed by atoms with Crippen molar-refractivity contribution in [3.8, 4) is 0 Å². The van der Waals surface area contributed by atoms with Gasteiger partial charge in [-0.15, -0.1) is 0 Å². The van der Waals surface area contributed by atoms with Crippen molar-refractivity contribution in [2.75, 3.05) is 75.2 Å². The molecule has 1 aliphatic rings. The molecule has 0 fully saturated rings. The molecule has 1 unspecified atom stereocenters. The van der Waals surface area contributed by atoms with Crippen LogP contribution in [0.2, 0.25) is 0 Å². The zero-order valence-electron chi connectivity index (χ0n) is 32.2. The van der Waals surface area contributed by atoms with Crippen LogP contribution in [0.5, 0.6) is 0 Å². The Hall–Kier alpha value is -5.30. The number of nitrogens with one attached hydrogen (secondary N) is 5. The molecule has 55 heavy (non-hydrogen) atoms. The third kappa shape index (κ3) is 14.5. The smallest absolute Gasteiger partial charge is 0.251 e. The summed E-state index contributed by atoms with van der Waals surface area (Å²) in [7, 11) is 0. The molecule has 5 rings (SSSR count). The second-order valence-corrected chi connectivity index (χ2v) is 13.4. The number of carbonyl (C=O) groups excluding carboxylic acids is 1. The molecule has 0 bridgehead atoms. The number of amides is 1. The molecular formula is C43H56N8O4. The van der Waals surface area contributed by atoms with Crippen LogP contribution in [-0.2, 0) is 14.2 Å². The second kappa shape index (κ2) is 22.8. The predicted molar refractivity (Wildman–Crippen MR) is 222 cm³/mol. The van der Waals surface area contributed by atoms with Crippen molar-refractivity contribution in [3.63, 3.8) is 0 Å². The van der Waals surface area contributed by atoms with Crippen LogP contribution in [0, 0.1) is 5.92 Å². The highest BCUT2D eigenvalue weighted by Gasteiger charge is 2.11. The Morgan fingerprint density at radius 2 is 1.42 bits per heavy atom. The van der Waals surface area contributed by atoms with E-state index < -0.39 is 0 Å². The fraction of sp³-hybridized carbons (Fsp3) is 0.395. The zero-order chi connectivity index (χ0) is 38.5. The Morgan fingerprint density at radius 3 is 2.18 bits per heavy atom. The Kier molecular flexibility index (Phi) is 17.0. The summed E-state index contributed by atoms with van der Waals surface area (Å²) >= 11 is 0. The number of benzene rings is 3. The van der Waals surface area contributed by atoms with Gasteiger partial charge in [0.15, 0.2) is 0 Å². The summed E-state index contributed by atoms with van der Waals surface area (Å²) in [6.45, 7) is 13.7. The van der Waals surface area contributed by atoms with E-state index in [1.54, 1.807) is 12.1 Å². The molecular weight excluding hydrogens is 693 g/mol. The highest BCUT2D eigenvalue weighted by Crippen LogP contribution is 2.23. The average molecular weight is 749 g/mol. The number of carbonyl (C=O) groups is 1. The molecule has 12 nitrogen and oxygen atoms in total. The maximum Gasteiger partial charge on any atom is 0.251 e. The lowest BCUT2D eigenvalue weighted by atomic mass is 9.97. The molecule has 0 spiro atoms. The maximum atomic E-state index is 12.7. The minimum atomic E-state index is -0.174. The lowest BCUT2D eigenvalue weighted by Gasteiger charge is -2.15. The molecule has 0 saturated carbocycles. The monoisotopic (exact) mass is 748 g/mol. The Labute approximate surface area is 325 Å². The van der Waals surface area contributed by atoms with Crippen LogP contribution >= 0.6 is 0 Å². The molecule has 0 radical (unpaired) electrons. The van der Waals surface area contributed by atoms with Crippen LogP contribution in [0.1, 0.15) is 56.3 Å². The first kappa shape index (κ1) is 40.9. The van der Waals surface area contributed by atoms with E-state index >= 15 is 0 Å². The largest absolute Gasteiger partial charge is 0.385 e. The summed E-state index contributed by atoms with van der Waals surface area (Å²) in [6.07, 6.45) is 11.8. The molecule has 0 aliphatic heterocycles. The molecule has 1 atom stereocenters. The van der Waals surface area contributed by atoms with Crippen molar-refractivity contribution in [1.29, 1.82) is 0 Å². The minimum absolute atomic E-state index is 0.174.